The molecule has 7 heteroatoms. The lowest BCUT2D eigenvalue weighted by molar-refractivity contribution is 0.263. The van der Waals surface area contributed by atoms with E-state index in [1.807, 2.05) is 6.92 Å². The van der Waals surface area contributed by atoms with Gasteiger partial charge in [0.2, 0.25) is 10.0 Å². The maximum atomic E-state index is 12.3. The van der Waals surface area contributed by atoms with Crippen LogP contribution in [0.5, 0.6) is 0 Å². The Morgan fingerprint density at radius 1 is 1.43 bits per heavy atom. The summed E-state index contributed by atoms with van der Waals surface area (Å²) in [7, 11) is -3.60. The van der Waals surface area contributed by atoms with Crippen LogP contribution in [0.1, 0.15) is 33.3 Å². The smallest absolute Gasteiger partial charge is 0.240 e. The van der Waals surface area contributed by atoms with Crippen LogP contribution in [0.3, 0.4) is 0 Å². The normalized spacial score (nSPS) is 14.0. The van der Waals surface area contributed by atoms with Gasteiger partial charge in [-0.1, -0.05) is 51.5 Å². The van der Waals surface area contributed by atoms with Crippen LogP contribution in [0.4, 0.5) is 0 Å². The van der Waals surface area contributed by atoms with Gasteiger partial charge in [-0.15, -0.1) is 0 Å². The minimum atomic E-state index is -3.60. The summed E-state index contributed by atoms with van der Waals surface area (Å²) >= 11 is 10.8. The molecule has 118 valence electrons. The van der Waals surface area contributed by atoms with Gasteiger partial charge in [0, 0.05) is 12.1 Å². The van der Waals surface area contributed by atoms with Crippen LogP contribution in [0.15, 0.2) is 23.1 Å². The standard InChI is InChI=1S/C14H21ClN2O2S2/c1-9(14(2,3)4)8-17-21(18,19)10-5-6-11(13(16)20)12(15)7-10/h5-7,9,17H,8H2,1-4H3,(H2,16,20). The van der Waals surface area contributed by atoms with E-state index in [2.05, 4.69) is 25.5 Å². The number of benzene rings is 1. The van der Waals surface area contributed by atoms with Gasteiger partial charge in [0.15, 0.2) is 0 Å². The van der Waals surface area contributed by atoms with E-state index in [4.69, 9.17) is 29.6 Å². The van der Waals surface area contributed by atoms with Gasteiger partial charge in [-0.2, -0.15) is 0 Å². The second-order valence-corrected chi connectivity index (χ2v) is 8.74. The van der Waals surface area contributed by atoms with Gasteiger partial charge in [0.25, 0.3) is 0 Å². The molecule has 1 aromatic carbocycles. The minimum Gasteiger partial charge on any atom is -0.389 e. The Morgan fingerprint density at radius 2 is 2.00 bits per heavy atom. The van der Waals surface area contributed by atoms with Crippen molar-refractivity contribution < 1.29 is 8.42 Å². The van der Waals surface area contributed by atoms with E-state index in [0.29, 0.717) is 12.1 Å². The van der Waals surface area contributed by atoms with E-state index >= 15 is 0 Å². The zero-order valence-corrected chi connectivity index (χ0v) is 15.0. The fraction of sp³-hybridized carbons (Fsp3) is 0.500. The molecular weight excluding hydrogens is 328 g/mol. The lowest BCUT2D eigenvalue weighted by Gasteiger charge is -2.27. The Morgan fingerprint density at radius 3 is 2.43 bits per heavy atom. The summed E-state index contributed by atoms with van der Waals surface area (Å²) in [4.78, 5) is 0.242. The minimum absolute atomic E-state index is 0.0236. The topological polar surface area (TPSA) is 72.2 Å². The van der Waals surface area contributed by atoms with Gasteiger partial charge < -0.3 is 5.73 Å². The maximum Gasteiger partial charge on any atom is 0.240 e. The summed E-state index contributed by atoms with van der Waals surface area (Å²) in [5.74, 6) is 0.193. The van der Waals surface area contributed by atoms with Gasteiger partial charge >= 0.3 is 0 Å². The van der Waals surface area contributed by atoms with Crippen LogP contribution in [-0.4, -0.2) is 20.0 Å². The molecule has 0 aliphatic heterocycles. The van der Waals surface area contributed by atoms with Crippen LogP contribution >= 0.6 is 23.8 Å². The van der Waals surface area contributed by atoms with Crippen molar-refractivity contribution in [2.75, 3.05) is 6.54 Å². The highest BCUT2D eigenvalue weighted by atomic mass is 35.5. The quantitative estimate of drug-likeness (QED) is 0.802. The second-order valence-electron chi connectivity index (χ2n) is 6.12. The third kappa shape index (κ3) is 4.92. The lowest BCUT2D eigenvalue weighted by Crippen LogP contribution is -2.33. The Bertz CT molecular complexity index is 637. The average Bonchev–Trinajstić information content (AvgIpc) is 2.34. The van der Waals surface area contributed by atoms with Crippen LogP contribution in [0.25, 0.3) is 0 Å². The highest BCUT2D eigenvalue weighted by molar-refractivity contribution is 7.89. The zero-order valence-electron chi connectivity index (χ0n) is 12.6. The third-order valence-electron chi connectivity index (χ3n) is 3.57. The molecule has 4 nitrogen and oxygen atoms in total. The number of nitrogens with one attached hydrogen (secondary N) is 1. The van der Waals surface area contributed by atoms with E-state index in [1.165, 1.54) is 18.2 Å². The molecule has 1 atom stereocenters. The molecule has 0 spiro atoms. The molecule has 0 aromatic heterocycles. The van der Waals surface area contributed by atoms with E-state index in [9.17, 15) is 8.42 Å². The van der Waals surface area contributed by atoms with E-state index in [0.717, 1.165) is 0 Å². The first kappa shape index (κ1) is 18.4. The number of hydrogen-bond donors (Lipinski definition) is 2. The van der Waals surface area contributed by atoms with Crippen LogP contribution < -0.4 is 10.5 Å². The molecule has 0 radical (unpaired) electrons. The number of nitrogens with two attached hydrogens (primary N) is 1. The van der Waals surface area contributed by atoms with Crippen molar-refractivity contribution in [3.8, 4) is 0 Å². The molecule has 3 N–H and O–H groups in total. The first-order valence-corrected chi connectivity index (χ1v) is 8.81. The summed E-state index contributed by atoms with van der Waals surface area (Å²) < 4.78 is 27.1. The Hall–Kier alpha value is -0.690. The van der Waals surface area contributed by atoms with Crippen LogP contribution in [0, 0.1) is 11.3 Å². The number of thiocarbonyl (C=S) groups is 1. The van der Waals surface area contributed by atoms with Gasteiger partial charge in [-0.25, -0.2) is 13.1 Å². The van der Waals surface area contributed by atoms with Crippen molar-refractivity contribution in [1.29, 1.82) is 0 Å². The monoisotopic (exact) mass is 348 g/mol. The first-order valence-electron chi connectivity index (χ1n) is 6.54. The van der Waals surface area contributed by atoms with E-state index in [1.54, 1.807) is 0 Å². The first-order chi connectivity index (χ1) is 9.45. The number of hydrogen-bond acceptors (Lipinski definition) is 3. The summed E-state index contributed by atoms with van der Waals surface area (Å²) in [5, 5.41) is 0.231. The number of rotatable bonds is 5. The molecule has 0 aliphatic rings. The summed E-state index contributed by atoms with van der Waals surface area (Å²) in [5.41, 5.74) is 5.99. The van der Waals surface area contributed by atoms with Crippen LogP contribution in [0.2, 0.25) is 5.02 Å². The fourth-order valence-corrected chi connectivity index (χ4v) is 3.22. The second kappa shape index (κ2) is 6.60. The molecule has 0 amide bonds. The van der Waals surface area contributed by atoms with Crippen molar-refractivity contribution in [1.82, 2.24) is 4.72 Å². The van der Waals surface area contributed by atoms with Crippen LogP contribution in [-0.2, 0) is 10.0 Å². The molecule has 0 aliphatic carbocycles. The fourth-order valence-electron chi connectivity index (χ4n) is 1.49. The SMILES string of the molecule is CC(CNS(=O)(=O)c1ccc(C(N)=S)c(Cl)c1)C(C)(C)C. The number of sulfonamides is 1. The molecule has 1 unspecified atom stereocenters. The van der Waals surface area contributed by atoms with Crippen molar-refractivity contribution in [3.63, 3.8) is 0 Å². The maximum absolute atomic E-state index is 12.3. The Labute approximate surface area is 137 Å². The van der Waals surface area contributed by atoms with Crippen molar-refractivity contribution in [3.05, 3.63) is 28.8 Å². The van der Waals surface area contributed by atoms with Crippen molar-refractivity contribution in [2.24, 2.45) is 17.1 Å². The predicted molar refractivity (Wildman–Crippen MR) is 91.1 cm³/mol. The van der Waals surface area contributed by atoms with E-state index < -0.39 is 10.0 Å². The molecule has 0 saturated heterocycles. The van der Waals surface area contributed by atoms with Gasteiger partial charge in [0.05, 0.1) is 9.92 Å². The van der Waals surface area contributed by atoms with Gasteiger partial charge in [-0.05, 0) is 29.5 Å². The molecule has 0 heterocycles. The Balaban J connectivity index is 2.94. The molecule has 0 saturated carbocycles. The van der Waals surface area contributed by atoms with Gasteiger partial charge in [-0.3, -0.25) is 0 Å². The summed E-state index contributed by atoms with van der Waals surface area (Å²) in [6.07, 6.45) is 0. The molecule has 0 fully saturated rings. The highest BCUT2D eigenvalue weighted by Gasteiger charge is 2.23. The van der Waals surface area contributed by atoms with Crippen molar-refractivity contribution in [2.45, 2.75) is 32.6 Å². The molecular formula is C14H21ClN2O2S2. The molecule has 1 rings (SSSR count). The summed E-state index contributed by atoms with van der Waals surface area (Å²) in [6, 6.07) is 4.33. The molecule has 1 aromatic rings. The third-order valence-corrected chi connectivity index (χ3v) is 5.53. The number of halogens is 1. The molecule has 21 heavy (non-hydrogen) atoms. The Kier molecular flexibility index (Phi) is 5.77. The van der Waals surface area contributed by atoms with Crippen molar-refractivity contribution >= 4 is 38.8 Å². The zero-order chi connectivity index (χ0) is 16.4. The highest BCUT2D eigenvalue weighted by Crippen LogP contribution is 2.25. The average molecular weight is 349 g/mol. The van der Waals surface area contributed by atoms with E-state index in [-0.39, 0.29) is 26.2 Å². The summed E-state index contributed by atoms with van der Waals surface area (Å²) in [6.45, 7) is 8.57. The van der Waals surface area contributed by atoms with Gasteiger partial charge in [0.1, 0.15) is 4.99 Å². The largest absolute Gasteiger partial charge is 0.389 e. The molecule has 0 bridgehead atoms. The lowest BCUT2D eigenvalue weighted by atomic mass is 9.82. The predicted octanol–water partition coefficient (Wildman–Crippen LogP) is 2.93.